The van der Waals surface area contributed by atoms with E-state index in [1.54, 1.807) is 7.11 Å². The number of ether oxygens (including phenoxy) is 2. The van der Waals surface area contributed by atoms with Crippen LogP contribution in [0.25, 0.3) is 0 Å². The molecule has 0 N–H and O–H groups in total. The summed E-state index contributed by atoms with van der Waals surface area (Å²) in [5.41, 5.74) is 1.89. The number of likely N-dealkylation sites (tertiary alicyclic amines) is 1. The molecule has 0 saturated carbocycles. The van der Waals surface area contributed by atoms with Crippen LogP contribution in [0.5, 0.6) is 11.5 Å². The van der Waals surface area contributed by atoms with E-state index in [0.717, 1.165) is 29.2 Å². The van der Waals surface area contributed by atoms with E-state index in [2.05, 4.69) is 4.90 Å². The van der Waals surface area contributed by atoms with Gasteiger partial charge in [-0.1, -0.05) is 47.6 Å². The SMILES string of the molecule is COc1cc(C(=S)N2CCCC2)cc(Cl)c1OCc1ccc(Cl)cc1. The van der Waals surface area contributed by atoms with E-state index in [9.17, 15) is 0 Å². The first-order valence-electron chi connectivity index (χ1n) is 8.12. The molecule has 0 radical (unpaired) electrons. The van der Waals surface area contributed by atoms with Crippen LogP contribution in [0.15, 0.2) is 36.4 Å². The number of thiocarbonyl (C=S) groups is 1. The summed E-state index contributed by atoms with van der Waals surface area (Å²) in [6, 6.07) is 11.2. The van der Waals surface area contributed by atoms with Gasteiger partial charge < -0.3 is 14.4 Å². The first kappa shape index (κ1) is 18.3. The van der Waals surface area contributed by atoms with Crippen LogP contribution in [0.3, 0.4) is 0 Å². The molecule has 0 aromatic heterocycles. The lowest BCUT2D eigenvalue weighted by molar-refractivity contribution is 0.284. The molecule has 6 heteroatoms. The molecule has 3 nitrogen and oxygen atoms in total. The third-order valence-corrected chi connectivity index (χ3v) is 5.19. The Kier molecular flexibility index (Phi) is 6.05. The van der Waals surface area contributed by atoms with Crippen LogP contribution in [-0.4, -0.2) is 30.1 Å². The second-order valence-electron chi connectivity index (χ2n) is 5.90. The molecule has 132 valence electrons. The van der Waals surface area contributed by atoms with E-state index < -0.39 is 0 Å². The van der Waals surface area contributed by atoms with Crippen molar-refractivity contribution in [1.29, 1.82) is 0 Å². The minimum absolute atomic E-state index is 0.378. The van der Waals surface area contributed by atoms with E-state index in [1.165, 1.54) is 12.8 Å². The molecule has 3 rings (SSSR count). The van der Waals surface area contributed by atoms with Crippen LogP contribution in [-0.2, 0) is 6.61 Å². The Morgan fingerprint density at radius 3 is 2.44 bits per heavy atom. The van der Waals surface area contributed by atoms with Gasteiger partial charge in [0.05, 0.1) is 12.1 Å². The maximum absolute atomic E-state index is 6.45. The van der Waals surface area contributed by atoms with Crippen molar-refractivity contribution in [3.05, 3.63) is 57.6 Å². The zero-order valence-corrected chi connectivity index (χ0v) is 16.3. The van der Waals surface area contributed by atoms with Crippen LogP contribution < -0.4 is 9.47 Å². The summed E-state index contributed by atoms with van der Waals surface area (Å²) < 4.78 is 11.4. The molecule has 1 aliphatic rings. The van der Waals surface area contributed by atoms with Gasteiger partial charge >= 0.3 is 0 Å². The summed E-state index contributed by atoms with van der Waals surface area (Å²) in [5.74, 6) is 1.10. The predicted molar refractivity (Wildman–Crippen MR) is 106 cm³/mol. The Hall–Kier alpha value is -1.49. The summed E-state index contributed by atoms with van der Waals surface area (Å²) in [4.78, 5) is 3.01. The smallest absolute Gasteiger partial charge is 0.180 e. The lowest BCUT2D eigenvalue weighted by Gasteiger charge is -2.20. The highest BCUT2D eigenvalue weighted by molar-refractivity contribution is 7.80. The topological polar surface area (TPSA) is 21.7 Å². The van der Waals surface area contributed by atoms with Crippen molar-refractivity contribution < 1.29 is 9.47 Å². The van der Waals surface area contributed by atoms with Crippen LogP contribution in [0, 0.1) is 0 Å². The van der Waals surface area contributed by atoms with Crippen LogP contribution >= 0.6 is 35.4 Å². The first-order valence-corrected chi connectivity index (χ1v) is 9.29. The highest BCUT2D eigenvalue weighted by atomic mass is 35.5. The van der Waals surface area contributed by atoms with Gasteiger partial charge in [0.2, 0.25) is 0 Å². The molecule has 1 saturated heterocycles. The van der Waals surface area contributed by atoms with Crippen molar-refractivity contribution in [2.45, 2.75) is 19.4 Å². The fourth-order valence-electron chi connectivity index (χ4n) is 2.82. The van der Waals surface area contributed by atoms with Crippen LogP contribution in [0.4, 0.5) is 0 Å². The van der Waals surface area contributed by atoms with Crippen molar-refractivity contribution in [2.24, 2.45) is 0 Å². The summed E-state index contributed by atoms with van der Waals surface area (Å²) >= 11 is 18.0. The van der Waals surface area contributed by atoms with Crippen molar-refractivity contribution in [2.75, 3.05) is 20.2 Å². The van der Waals surface area contributed by atoms with E-state index in [1.807, 2.05) is 36.4 Å². The Balaban J connectivity index is 1.79. The molecule has 0 aliphatic carbocycles. The van der Waals surface area contributed by atoms with Gasteiger partial charge in [-0.3, -0.25) is 0 Å². The molecule has 1 fully saturated rings. The quantitative estimate of drug-likeness (QED) is 0.635. The van der Waals surface area contributed by atoms with Gasteiger partial charge in [-0.15, -0.1) is 0 Å². The van der Waals surface area contributed by atoms with Gasteiger partial charge in [0.1, 0.15) is 11.6 Å². The van der Waals surface area contributed by atoms with Crippen LogP contribution in [0.1, 0.15) is 24.0 Å². The lowest BCUT2D eigenvalue weighted by atomic mass is 10.2. The van der Waals surface area contributed by atoms with E-state index in [4.69, 9.17) is 44.9 Å². The van der Waals surface area contributed by atoms with Crippen molar-refractivity contribution in [3.63, 3.8) is 0 Å². The second kappa shape index (κ2) is 8.26. The fourth-order valence-corrected chi connectivity index (χ4v) is 3.51. The molecule has 2 aromatic rings. The van der Waals surface area contributed by atoms with E-state index in [0.29, 0.717) is 28.2 Å². The summed E-state index contributed by atoms with van der Waals surface area (Å²) in [5, 5.41) is 1.18. The summed E-state index contributed by atoms with van der Waals surface area (Å²) in [6.07, 6.45) is 2.35. The first-order chi connectivity index (χ1) is 12.1. The Labute approximate surface area is 163 Å². The van der Waals surface area contributed by atoms with Gasteiger partial charge in [0, 0.05) is 23.7 Å². The average molecular weight is 396 g/mol. The Bertz CT molecular complexity index is 759. The number of benzene rings is 2. The van der Waals surface area contributed by atoms with Gasteiger partial charge in [-0.25, -0.2) is 0 Å². The number of nitrogens with zero attached hydrogens (tertiary/aromatic N) is 1. The van der Waals surface area contributed by atoms with Gasteiger partial charge in [-0.2, -0.15) is 0 Å². The summed E-state index contributed by atoms with van der Waals surface area (Å²) in [7, 11) is 1.60. The van der Waals surface area contributed by atoms with Gasteiger partial charge in [-0.05, 0) is 42.7 Å². The molecule has 0 atom stereocenters. The number of methoxy groups -OCH3 is 1. The molecule has 0 amide bonds. The zero-order chi connectivity index (χ0) is 17.8. The highest BCUT2D eigenvalue weighted by Crippen LogP contribution is 2.37. The summed E-state index contributed by atoms with van der Waals surface area (Å²) in [6.45, 7) is 2.37. The number of halogens is 2. The maximum atomic E-state index is 6.45. The van der Waals surface area contributed by atoms with Crippen molar-refractivity contribution in [3.8, 4) is 11.5 Å². The average Bonchev–Trinajstić information content (AvgIpc) is 3.15. The molecule has 25 heavy (non-hydrogen) atoms. The fraction of sp³-hybridized carbons (Fsp3) is 0.316. The monoisotopic (exact) mass is 395 g/mol. The molecule has 0 unspecified atom stereocenters. The van der Waals surface area contributed by atoms with Crippen molar-refractivity contribution >= 4 is 40.4 Å². The van der Waals surface area contributed by atoms with Crippen molar-refractivity contribution in [1.82, 2.24) is 4.90 Å². The van der Waals surface area contributed by atoms with Gasteiger partial charge in [0.25, 0.3) is 0 Å². The lowest BCUT2D eigenvalue weighted by Crippen LogP contribution is -2.26. The second-order valence-corrected chi connectivity index (χ2v) is 7.13. The predicted octanol–water partition coefficient (Wildman–Crippen LogP) is 5.35. The third-order valence-electron chi connectivity index (χ3n) is 4.17. The Morgan fingerprint density at radius 2 is 1.80 bits per heavy atom. The molecule has 2 aromatic carbocycles. The molecular weight excluding hydrogens is 377 g/mol. The number of hydrogen-bond donors (Lipinski definition) is 0. The van der Waals surface area contributed by atoms with E-state index >= 15 is 0 Å². The number of hydrogen-bond acceptors (Lipinski definition) is 3. The normalized spacial score (nSPS) is 13.8. The number of rotatable bonds is 5. The minimum Gasteiger partial charge on any atom is -0.493 e. The standard InChI is InChI=1S/C19H19Cl2NO2S/c1-23-17-11-14(19(25)22-8-2-3-9-22)10-16(21)18(17)24-12-13-4-6-15(20)7-5-13/h4-7,10-11H,2-3,8-9,12H2,1H3. The van der Waals surface area contributed by atoms with E-state index in [-0.39, 0.29) is 0 Å². The molecule has 0 bridgehead atoms. The molecule has 1 heterocycles. The third kappa shape index (κ3) is 4.38. The molecule has 0 spiro atoms. The van der Waals surface area contributed by atoms with Gasteiger partial charge in [0.15, 0.2) is 11.5 Å². The highest BCUT2D eigenvalue weighted by Gasteiger charge is 2.20. The molecule has 1 aliphatic heterocycles. The minimum atomic E-state index is 0.378. The van der Waals surface area contributed by atoms with Crippen LogP contribution in [0.2, 0.25) is 10.0 Å². The molecular formula is C19H19Cl2NO2S. The zero-order valence-electron chi connectivity index (χ0n) is 13.9. The maximum Gasteiger partial charge on any atom is 0.180 e. The Morgan fingerprint density at radius 1 is 1.12 bits per heavy atom. The largest absolute Gasteiger partial charge is 0.493 e.